The molecule has 0 heterocycles. The number of ether oxygens (including phenoxy) is 3. The first-order valence-corrected chi connectivity index (χ1v) is 8.49. The molecule has 0 fully saturated rings. The predicted molar refractivity (Wildman–Crippen MR) is 102 cm³/mol. The van der Waals surface area contributed by atoms with Gasteiger partial charge in [-0.15, -0.1) is 0 Å². The van der Waals surface area contributed by atoms with Crippen molar-refractivity contribution >= 4 is 37.5 Å². The van der Waals surface area contributed by atoms with Crippen molar-refractivity contribution in [2.45, 2.75) is 6.42 Å². The molecule has 0 amide bonds. The number of methoxy groups -OCH3 is 3. The summed E-state index contributed by atoms with van der Waals surface area (Å²) in [5.74, 6) is 1.94. The third-order valence-corrected chi connectivity index (χ3v) is 4.85. The minimum Gasteiger partial charge on any atom is -0.492 e. The van der Waals surface area contributed by atoms with Gasteiger partial charge in [0.25, 0.3) is 0 Å². The molecule has 0 aliphatic rings. The van der Waals surface area contributed by atoms with Crippen molar-refractivity contribution < 1.29 is 14.2 Å². The number of hydrogen-bond donors (Lipinski definition) is 1. The molecule has 0 bridgehead atoms. The highest BCUT2D eigenvalue weighted by Crippen LogP contribution is 2.50. The van der Waals surface area contributed by atoms with Crippen LogP contribution in [0.15, 0.2) is 34.8 Å². The maximum atomic E-state index is 5.86. The molecule has 0 unspecified atom stereocenters. The number of halogens is 1. The van der Waals surface area contributed by atoms with E-state index in [-0.39, 0.29) is 0 Å². The lowest BCUT2D eigenvalue weighted by Gasteiger charge is -2.21. The first kappa shape index (κ1) is 16.9. The molecule has 5 heteroatoms. The fourth-order valence-electron chi connectivity index (χ4n) is 3.29. The fourth-order valence-corrected chi connectivity index (χ4v) is 3.97. The zero-order chi connectivity index (χ0) is 17.3. The third kappa shape index (κ3) is 2.48. The molecular weight excluding hydrogens is 370 g/mol. The number of rotatable bonds is 5. The van der Waals surface area contributed by atoms with Crippen LogP contribution in [0.5, 0.6) is 17.2 Å². The SMILES string of the molecule is COc1c(OC)c(OC)c2c(c(Br)cc3ccccc32)c1CCN. The summed E-state index contributed by atoms with van der Waals surface area (Å²) in [6, 6.07) is 10.3. The van der Waals surface area contributed by atoms with Crippen LogP contribution in [0.25, 0.3) is 21.5 Å². The van der Waals surface area contributed by atoms with E-state index in [4.69, 9.17) is 19.9 Å². The molecule has 126 valence electrons. The summed E-state index contributed by atoms with van der Waals surface area (Å²) in [5.41, 5.74) is 6.88. The van der Waals surface area contributed by atoms with Crippen LogP contribution >= 0.6 is 15.9 Å². The van der Waals surface area contributed by atoms with Crippen LogP contribution in [0.4, 0.5) is 0 Å². The number of nitrogens with two attached hydrogens (primary N) is 1. The van der Waals surface area contributed by atoms with Crippen LogP contribution in [0.2, 0.25) is 0 Å². The highest BCUT2D eigenvalue weighted by Gasteiger charge is 2.24. The first-order chi connectivity index (χ1) is 11.7. The molecule has 0 atom stereocenters. The normalized spacial score (nSPS) is 11.0. The van der Waals surface area contributed by atoms with Crippen LogP contribution in [-0.4, -0.2) is 27.9 Å². The van der Waals surface area contributed by atoms with Crippen LogP contribution in [0.1, 0.15) is 5.56 Å². The second kappa shape index (κ2) is 6.87. The second-order valence-corrected chi connectivity index (χ2v) is 6.30. The van der Waals surface area contributed by atoms with Crippen molar-refractivity contribution in [3.63, 3.8) is 0 Å². The quantitative estimate of drug-likeness (QED) is 0.661. The van der Waals surface area contributed by atoms with Crippen LogP contribution in [0.3, 0.4) is 0 Å². The van der Waals surface area contributed by atoms with E-state index in [0.717, 1.165) is 31.6 Å². The van der Waals surface area contributed by atoms with Gasteiger partial charge in [-0.2, -0.15) is 0 Å². The predicted octanol–water partition coefficient (Wildman–Crippen LogP) is 4.28. The smallest absolute Gasteiger partial charge is 0.204 e. The van der Waals surface area contributed by atoms with Gasteiger partial charge in [-0.3, -0.25) is 0 Å². The lowest BCUT2D eigenvalue weighted by atomic mass is 9.94. The number of benzene rings is 3. The van der Waals surface area contributed by atoms with E-state index < -0.39 is 0 Å². The summed E-state index contributed by atoms with van der Waals surface area (Å²) in [6.07, 6.45) is 0.678. The molecule has 2 N–H and O–H groups in total. The molecule has 4 nitrogen and oxygen atoms in total. The molecule has 24 heavy (non-hydrogen) atoms. The van der Waals surface area contributed by atoms with Crippen molar-refractivity contribution in [2.75, 3.05) is 27.9 Å². The number of fused-ring (bicyclic) bond motifs is 3. The van der Waals surface area contributed by atoms with Crippen molar-refractivity contribution in [1.29, 1.82) is 0 Å². The molecule has 0 spiro atoms. The maximum Gasteiger partial charge on any atom is 0.204 e. The van der Waals surface area contributed by atoms with Gasteiger partial charge in [-0.25, -0.2) is 0 Å². The Morgan fingerprint density at radius 3 is 2.21 bits per heavy atom. The molecule has 3 rings (SSSR count). The van der Waals surface area contributed by atoms with E-state index in [1.165, 1.54) is 0 Å². The molecule has 0 saturated heterocycles. The van der Waals surface area contributed by atoms with Crippen LogP contribution < -0.4 is 19.9 Å². The highest BCUT2D eigenvalue weighted by atomic mass is 79.9. The zero-order valence-electron chi connectivity index (χ0n) is 14.0. The monoisotopic (exact) mass is 389 g/mol. The van der Waals surface area contributed by atoms with E-state index in [1.807, 2.05) is 12.1 Å². The number of hydrogen-bond acceptors (Lipinski definition) is 4. The Labute approximate surface area is 149 Å². The topological polar surface area (TPSA) is 53.7 Å². The molecular formula is C19H20BrNO3. The third-order valence-electron chi connectivity index (χ3n) is 4.22. The average molecular weight is 390 g/mol. The molecule has 3 aromatic rings. The van der Waals surface area contributed by atoms with E-state index >= 15 is 0 Å². The fraction of sp³-hybridized carbons (Fsp3) is 0.263. The summed E-state index contributed by atoms with van der Waals surface area (Å²) in [7, 11) is 4.91. The lowest BCUT2D eigenvalue weighted by Crippen LogP contribution is -2.07. The molecule has 3 aromatic carbocycles. The largest absolute Gasteiger partial charge is 0.492 e. The van der Waals surface area contributed by atoms with Gasteiger partial charge in [-0.05, 0) is 29.8 Å². The first-order valence-electron chi connectivity index (χ1n) is 7.69. The highest BCUT2D eigenvalue weighted by molar-refractivity contribution is 9.10. The Hall–Kier alpha value is -1.98. The Kier molecular flexibility index (Phi) is 4.83. The van der Waals surface area contributed by atoms with Crippen LogP contribution in [0, 0.1) is 0 Å². The van der Waals surface area contributed by atoms with Crippen LogP contribution in [-0.2, 0) is 6.42 Å². The van der Waals surface area contributed by atoms with Gasteiger partial charge in [0.15, 0.2) is 11.5 Å². The Bertz CT molecular complexity index is 908. The summed E-state index contributed by atoms with van der Waals surface area (Å²) in [4.78, 5) is 0. The van der Waals surface area contributed by atoms with Crippen molar-refractivity contribution in [3.05, 3.63) is 40.4 Å². The van der Waals surface area contributed by atoms with Gasteiger partial charge in [0, 0.05) is 20.8 Å². The standard InChI is InChI=1S/C19H20BrNO3/c1-22-17-13(8-9-21)15-14(20)10-11-6-4-5-7-12(11)16(15)18(23-2)19(17)24-3/h4-7,10H,8-9,21H2,1-3H3. The minimum absolute atomic E-state index is 0.514. The molecule has 0 aliphatic carbocycles. The Morgan fingerprint density at radius 2 is 1.58 bits per heavy atom. The molecule has 0 aliphatic heterocycles. The lowest BCUT2D eigenvalue weighted by molar-refractivity contribution is 0.325. The Morgan fingerprint density at radius 1 is 0.917 bits per heavy atom. The summed E-state index contributed by atoms with van der Waals surface area (Å²) in [6.45, 7) is 0.514. The minimum atomic E-state index is 0.514. The van der Waals surface area contributed by atoms with E-state index in [9.17, 15) is 0 Å². The van der Waals surface area contributed by atoms with Crippen molar-refractivity contribution in [1.82, 2.24) is 0 Å². The second-order valence-electron chi connectivity index (χ2n) is 5.45. The summed E-state index contributed by atoms with van der Waals surface area (Å²) in [5, 5.41) is 4.28. The zero-order valence-corrected chi connectivity index (χ0v) is 15.6. The molecule has 0 radical (unpaired) electrons. The van der Waals surface area contributed by atoms with E-state index in [1.54, 1.807) is 21.3 Å². The van der Waals surface area contributed by atoms with Gasteiger partial charge in [0.1, 0.15) is 0 Å². The average Bonchev–Trinajstić information content (AvgIpc) is 2.60. The van der Waals surface area contributed by atoms with Gasteiger partial charge in [0.05, 0.1) is 21.3 Å². The van der Waals surface area contributed by atoms with E-state index in [0.29, 0.717) is 30.2 Å². The molecule has 0 saturated carbocycles. The van der Waals surface area contributed by atoms with Gasteiger partial charge >= 0.3 is 0 Å². The van der Waals surface area contributed by atoms with E-state index in [2.05, 4.69) is 34.1 Å². The Balaban J connectivity index is 2.63. The van der Waals surface area contributed by atoms with Crippen molar-refractivity contribution in [3.8, 4) is 17.2 Å². The summed E-state index contributed by atoms with van der Waals surface area (Å²) < 4.78 is 18.0. The summed E-state index contributed by atoms with van der Waals surface area (Å²) >= 11 is 3.72. The molecule has 0 aromatic heterocycles. The van der Waals surface area contributed by atoms with Gasteiger partial charge in [-0.1, -0.05) is 40.2 Å². The van der Waals surface area contributed by atoms with Crippen molar-refractivity contribution in [2.24, 2.45) is 5.73 Å². The maximum absolute atomic E-state index is 5.86. The van der Waals surface area contributed by atoms with Gasteiger partial charge < -0.3 is 19.9 Å². The van der Waals surface area contributed by atoms with Gasteiger partial charge in [0.2, 0.25) is 5.75 Å².